The highest BCUT2D eigenvalue weighted by Gasteiger charge is 2.13. The minimum Gasteiger partial charge on any atom is -0.355 e. The van der Waals surface area contributed by atoms with Crippen LogP contribution in [0.4, 0.5) is 0 Å². The first kappa shape index (κ1) is 17.4. The fourth-order valence-electron chi connectivity index (χ4n) is 0.972. The Hall–Kier alpha value is -0.600. The summed E-state index contributed by atoms with van der Waals surface area (Å²) in [5.41, 5.74) is 0. The molecule has 6 nitrogen and oxygen atoms in total. The monoisotopic (exact) mass is 317 g/mol. The maximum atomic E-state index is 11.2. The zero-order valence-corrected chi connectivity index (χ0v) is 12.2. The summed E-state index contributed by atoms with van der Waals surface area (Å²) >= 11 is 5.30. The Morgan fingerprint density at radius 3 is 2.28 bits per heavy atom. The van der Waals surface area contributed by atoms with E-state index < -0.39 is 25.6 Å². The minimum absolute atomic E-state index is 0.0124. The molecule has 0 aromatic rings. The number of amides is 1. The molecule has 0 radical (unpaired) electrons. The largest absolute Gasteiger partial charge is 0.355 e. The second kappa shape index (κ2) is 7.75. The summed E-state index contributed by atoms with van der Waals surface area (Å²) in [5, 5.41) is 3.13. The van der Waals surface area contributed by atoms with E-state index in [-0.39, 0.29) is 36.1 Å². The van der Waals surface area contributed by atoms with Gasteiger partial charge >= 0.3 is 0 Å². The van der Waals surface area contributed by atoms with Gasteiger partial charge in [-0.3, -0.25) is 4.79 Å². The van der Waals surface area contributed by atoms with Gasteiger partial charge in [-0.05, 0) is 0 Å². The normalized spacial score (nSPS) is 12.1. The van der Waals surface area contributed by atoms with E-state index in [2.05, 4.69) is 11.9 Å². The average Bonchev–Trinajstić information content (AvgIpc) is 2.26. The molecule has 9 heteroatoms. The van der Waals surface area contributed by atoms with Gasteiger partial charge in [-0.25, -0.2) is 16.8 Å². The summed E-state index contributed by atoms with van der Waals surface area (Å²) < 4.78 is 44.5. The Morgan fingerprint density at radius 2 is 1.78 bits per heavy atom. The molecule has 0 aromatic heterocycles. The van der Waals surface area contributed by atoms with Crippen LogP contribution in [-0.2, 0) is 24.5 Å². The summed E-state index contributed by atoms with van der Waals surface area (Å²) in [6.07, 6.45) is -0.201. The van der Waals surface area contributed by atoms with Crippen molar-refractivity contribution >= 4 is 37.2 Å². The summed E-state index contributed by atoms with van der Waals surface area (Å²) in [7, 11) is -6.67. The first-order chi connectivity index (χ1) is 8.22. The van der Waals surface area contributed by atoms with E-state index >= 15 is 0 Å². The number of hydrogen-bond donors (Lipinski definition) is 1. The Bertz CT molecular complexity index is 483. The third kappa shape index (κ3) is 8.48. The van der Waals surface area contributed by atoms with Gasteiger partial charge in [-0.1, -0.05) is 6.58 Å². The van der Waals surface area contributed by atoms with Gasteiger partial charge in [0.25, 0.3) is 0 Å². The van der Waals surface area contributed by atoms with Crippen molar-refractivity contribution < 1.29 is 21.6 Å². The van der Waals surface area contributed by atoms with E-state index in [0.29, 0.717) is 0 Å². The summed E-state index contributed by atoms with van der Waals surface area (Å²) in [6.45, 7) is 3.06. The Balaban J connectivity index is 3.97. The van der Waals surface area contributed by atoms with Gasteiger partial charge in [0, 0.05) is 24.3 Å². The van der Waals surface area contributed by atoms with Crippen LogP contribution < -0.4 is 5.32 Å². The molecule has 0 aromatic carbocycles. The van der Waals surface area contributed by atoms with Gasteiger partial charge in [-0.2, -0.15) is 0 Å². The van der Waals surface area contributed by atoms with Crippen molar-refractivity contribution in [1.29, 1.82) is 0 Å². The van der Waals surface area contributed by atoms with E-state index in [1.165, 1.54) is 0 Å². The molecule has 0 atom stereocenters. The number of carbonyl (C=O) groups excluding carboxylic acids is 1. The molecule has 0 aliphatic rings. The Labute approximate surface area is 112 Å². The quantitative estimate of drug-likeness (QED) is 0.589. The molecule has 1 amide bonds. The number of rotatable bonds is 9. The van der Waals surface area contributed by atoms with Crippen molar-refractivity contribution in [3.05, 3.63) is 12.0 Å². The number of nitrogens with one attached hydrogen (secondary N) is 1. The third-order valence-corrected chi connectivity index (χ3v) is 5.34. The van der Waals surface area contributed by atoms with Gasteiger partial charge in [0.2, 0.25) is 5.91 Å². The van der Waals surface area contributed by atoms with Crippen LogP contribution in [0.15, 0.2) is 12.0 Å². The lowest BCUT2D eigenvalue weighted by Gasteiger charge is -2.04. The van der Waals surface area contributed by atoms with E-state index in [1.807, 2.05) is 0 Å². The van der Waals surface area contributed by atoms with Crippen LogP contribution in [0.3, 0.4) is 0 Å². The first-order valence-corrected chi connectivity index (χ1v) is 9.18. The maximum Gasteiger partial charge on any atom is 0.221 e. The van der Waals surface area contributed by atoms with Crippen molar-refractivity contribution in [2.45, 2.75) is 6.42 Å². The predicted octanol–water partition coefficient (Wildman–Crippen LogP) is -0.295. The number of hydrogen-bond acceptors (Lipinski definition) is 5. The van der Waals surface area contributed by atoms with E-state index in [1.54, 1.807) is 0 Å². The Kier molecular flexibility index (Phi) is 7.49. The highest BCUT2D eigenvalue weighted by molar-refractivity contribution is 7.94. The molecule has 0 aliphatic heterocycles. The van der Waals surface area contributed by atoms with Crippen LogP contribution >= 0.6 is 11.6 Å². The van der Waals surface area contributed by atoms with Crippen molar-refractivity contribution in [1.82, 2.24) is 5.32 Å². The van der Waals surface area contributed by atoms with Gasteiger partial charge in [0.1, 0.15) is 0 Å². The molecule has 0 spiro atoms. The molecule has 0 saturated carbocycles. The molecule has 0 fully saturated rings. The summed E-state index contributed by atoms with van der Waals surface area (Å²) in [6, 6.07) is 0. The average molecular weight is 318 g/mol. The predicted molar refractivity (Wildman–Crippen MR) is 71.0 cm³/mol. The standard InChI is InChI=1S/C9H16ClNO5S2/c1-2-17(13,14)8-5-11-9(12)3-6-18(15,16)7-4-10/h2H,1,3-8H2,(H,11,12). The van der Waals surface area contributed by atoms with E-state index in [9.17, 15) is 21.6 Å². The lowest BCUT2D eigenvalue weighted by molar-refractivity contribution is -0.120. The lowest BCUT2D eigenvalue weighted by Crippen LogP contribution is -2.30. The topological polar surface area (TPSA) is 97.4 Å². The maximum absolute atomic E-state index is 11.2. The lowest BCUT2D eigenvalue weighted by atomic mass is 10.4. The highest BCUT2D eigenvalue weighted by Crippen LogP contribution is 1.96. The molecule has 106 valence electrons. The summed E-state index contributed by atoms with van der Waals surface area (Å²) in [5.74, 6) is -1.24. The van der Waals surface area contributed by atoms with Gasteiger partial charge in [-0.15, -0.1) is 11.6 Å². The molecular formula is C9H16ClNO5S2. The van der Waals surface area contributed by atoms with E-state index in [0.717, 1.165) is 5.41 Å². The molecule has 0 heterocycles. The number of halogens is 1. The highest BCUT2D eigenvalue weighted by atomic mass is 35.5. The molecule has 0 unspecified atom stereocenters. The summed E-state index contributed by atoms with van der Waals surface area (Å²) in [4.78, 5) is 11.2. The van der Waals surface area contributed by atoms with Crippen molar-refractivity contribution in [3.8, 4) is 0 Å². The van der Waals surface area contributed by atoms with Gasteiger partial charge in [0.05, 0.1) is 17.3 Å². The molecule has 0 aliphatic carbocycles. The van der Waals surface area contributed by atoms with Crippen molar-refractivity contribution in [2.24, 2.45) is 0 Å². The van der Waals surface area contributed by atoms with Crippen LogP contribution in [-0.4, -0.2) is 52.4 Å². The third-order valence-electron chi connectivity index (χ3n) is 1.99. The van der Waals surface area contributed by atoms with Gasteiger partial charge in [0.15, 0.2) is 19.7 Å². The molecule has 18 heavy (non-hydrogen) atoms. The van der Waals surface area contributed by atoms with Crippen LogP contribution in [0.1, 0.15) is 6.42 Å². The fourth-order valence-corrected chi connectivity index (χ4v) is 3.17. The molecular weight excluding hydrogens is 302 g/mol. The smallest absolute Gasteiger partial charge is 0.221 e. The molecule has 0 rings (SSSR count). The SMILES string of the molecule is C=CS(=O)(=O)CCNC(=O)CCS(=O)(=O)CCCl. The molecule has 0 saturated heterocycles. The second-order valence-corrected chi connectivity index (χ2v) is 8.22. The van der Waals surface area contributed by atoms with E-state index in [4.69, 9.17) is 11.6 Å². The zero-order chi connectivity index (χ0) is 14.2. The zero-order valence-electron chi connectivity index (χ0n) is 9.76. The number of sulfone groups is 2. The van der Waals surface area contributed by atoms with Crippen molar-refractivity contribution in [2.75, 3.05) is 29.7 Å². The Morgan fingerprint density at radius 1 is 1.17 bits per heavy atom. The van der Waals surface area contributed by atoms with Crippen LogP contribution in [0.25, 0.3) is 0 Å². The van der Waals surface area contributed by atoms with Crippen LogP contribution in [0.2, 0.25) is 0 Å². The second-order valence-electron chi connectivity index (χ2n) is 3.47. The minimum atomic E-state index is -3.35. The number of alkyl halides is 1. The number of carbonyl (C=O) groups is 1. The molecule has 0 bridgehead atoms. The fraction of sp³-hybridized carbons (Fsp3) is 0.667. The van der Waals surface area contributed by atoms with Crippen LogP contribution in [0.5, 0.6) is 0 Å². The van der Waals surface area contributed by atoms with Crippen LogP contribution in [0, 0.1) is 0 Å². The first-order valence-electron chi connectivity index (χ1n) is 5.11. The van der Waals surface area contributed by atoms with Gasteiger partial charge < -0.3 is 5.32 Å². The molecule has 1 N–H and O–H groups in total. The van der Waals surface area contributed by atoms with Crippen molar-refractivity contribution in [3.63, 3.8) is 0 Å².